The minimum Gasteiger partial charge on any atom is -0.417 e. The van der Waals surface area contributed by atoms with Gasteiger partial charge >= 0.3 is 0 Å². The Morgan fingerprint density at radius 2 is 1.89 bits per heavy atom. The molecule has 0 amide bonds. The highest BCUT2D eigenvalue weighted by atomic mass is 35.5. The third kappa shape index (κ3) is 3.38. The number of halogens is 2. The summed E-state index contributed by atoms with van der Waals surface area (Å²) in [5.74, 6) is -0.203. The largest absolute Gasteiger partial charge is 0.417 e. The maximum absolute atomic E-state index is 11.1. The average Bonchev–Trinajstić information content (AvgIpc) is 2.20. The molecule has 0 aromatic heterocycles. The predicted octanol–water partition coefficient (Wildman–Crippen LogP) is 4.47. The Kier molecular flexibility index (Phi) is 4.75. The highest BCUT2D eigenvalue weighted by molar-refractivity contribution is 6.74. The van der Waals surface area contributed by atoms with E-state index in [1.165, 1.54) is 6.08 Å². The third-order valence-electron chi connectivity index (χ3n) is 3.88. The zero-order chi connectivity index (χ0) is 14.2. The van der Waals surface area contributed by atoms with Crippen molar-refractivity contribution in [1.29, 1.82) is 0 Å². The lowest BCUT2D eigenvalue weighted by Crippen LogP contribution is -2.41. The first-order valence-corrected chi connectivity index (χ1v) is 9.92. The maximum Gasteiger partial charge on any atom is 0.201 e. The highest BCUT2D eigenvalue weighted by Gasteiger charge is 2.44. The zero-order valence-corrected chi connectivity index (χ0v) is 14.3. The molecule has 0 aromatic rings. The van der Waals surface area contributed by atoms with Gasteiger partial charge in [-0.25, -0.2) is 0 Å². The highest BCUT2D eigenvalue weighted by Crippen LogP contribution is 2.42. The van der Waals surface area contributed by atoms with Crippen LogP contribution in [-0.4, -0.2) is 25.0 Å². The van der Waals surface area contributed by atoms with Gasteiger partial charge in [-0.15, -0.1) is 0 Å². The SMILES string of the molecule is CC(C)(C)[Si](C)(C)OCCCC1=CC(=O)C1(Cl)Cl. The van der Waals surface area contributed by atoms with E-state index in [0.717, 1.165) is 18.4 Å². The van der Waals surface area contributed by atoms with Crippen molar-refractivity contribution in [2.75, 3.05) is 6.61 Å². The Balaban J connectivity index is 2.33. The van der Waals surface area contributed by atoms with E-state index in [9.17, 15) is 4.79 Å². The molecule has 0 bridgehead atoms. The van der Waals surface area contributed by atoms with E-state index >= 15 is 0 Å². The molecule has 0 fully saturated rings. The van der Waals surface area contributed by atoms with Crippen LogP contribution in [0.2, 0.25) is 18.1 Å². The number of carbonyl (C=O) groups excluding carboxylic acids is 1. The van der Waals surface area contributed by atoms with Crippen LogP contribution in [0, 0.1) is 0 Å². The second-order valence-electron chi connectivity index (χ2n) is 6.32. The third-order valence-corrected chi connectivity index (χ3v) is 9.27. The van der Waals surface area contributed by atoms with Crippen LogP contribution < -0.4 is 0 Å². The number of allylic oxidation sites excluding steroid dienone is 2. The molecule has 0 saturated heterocycles. The minimum absolute atomic E-state index is 0.203. The zero-order valence-electron chi connectivity index (χ0n) is 11.8. The van der Waals surface area contributed by atoms with Gasteiger partial charge in [0.15, 0.2) is 14.1 Å². The monoisotopic (exact) mass is 308 g/mol. The van der Waals surface area contributed by atoms with Crippen LogP contribution in [0.3, 0.4) is 0 Å². The molecule has 5 heteroatoms. The number of carbonyl (C=O) groups is 1. The predicted molar refractivity (Wildman–Crippen MR) is 79.9 cm³/mol. The maximum atomic E-state index is 11.1. The summed E-state index contributed by atoms with van der Waals surface area (Å²) in [5, 5.41) is 0.224. The van der Waals surface area contributed by atoms with Crippen molar-refractivity contribution >= 4 is 37.3 Å². The van der Waals surface area contributed by atoms with E-state index in [4.69, 9.17) is 27.6 Å². The Bertz CT molecular complexity index is 368. The van der Waals surface area contributed by atoms with E-state index in [2.05, 4.69) is 33.9 Å². The molecule has 18 heavy (non-hydrogen) atoms. The molecular weight excluding hydrogens is 287 g/mol. The van der Waals surface area contributed by atoms with Crippen molar-refractivity contribution in [2.24, 2.45) is 0 Å². The molecule has 1 rings (SSSR count). The normalized spacial score (nSPS) is 19.5. The summed E-state index contributed by atoms with van der Waals surface area (Å²) in [7, 11) is -1.67. The fourth-order valence-corrected chi connectivity index (χ4v) is 2.95. The molecular formula is C13H22Cl2O2Si. The molecule has 0 N–H and O–H groups in total. The summed E-state index contributed by atoms with van der Waals surface area (Å²) in [6.07, 6.45) is 3.12. The lowest BCUT2D eigenvalue weighted by atomic mass is 9.92. The van der Waals surface area contributed by atoms with Gasteiger partial charge in [0.1, 0.15) is 0 Å². The van der Waals surface area contributed by atoms with Crippen molar-refractivity contribution in [3.05, 3.63) is 11.6 Å². The van der Waals surface area contributed by atoms with Crippen LogP contribution in [0.1, 0.15) is 33.6 Å². The second kappa shape index (κ2) is 5.27. The van der Waals surface area contributed by atoms with E-state index in [0.29, 0.717) is 6.61 Å². The van der Waals surface area contributed by atoms with Gasteiger partial charge < -0.3 is 4.43 Å². The molecule has 0 aromatic carbocycles. The van der Waals surface area contributed by atoms with Crippen LogP contribution in [-0.2, 0) is 9.22 Å². The molecule has 0 spiro atoms. The molecule has 0 atom stereocenters. The van der Waals surface area contributed by atoms with Gasteiger partial charge in [-0.1, -0.05) is 44.0 Å². The Hall–Kier alpha value is 0.167. The number of ketones is 1. The molecule has 0 radical (unpaired) electrons. The lowest BCUT2D eigenvalue weighted by molar-refractivity contribution is -0.116. The molecule has 1 aliphatic carbocycles. The number of hydrogen-bond acceptors (Lipinski definition) is 2. The van der Waals surface area contributed by atoms with Crippen LogP contribution in [0.25, 0.3) is 0 Å². The van der Waals surface area contributed by atoms with Crippen molar-refractivity contribution in [3.63, 3.8) is 0 Å². The van der Waals surface area contributed by atoms with Gasteiger partial charge in [0.25, 0.3) is 0 Å². The Morgan fingerprint density at radius 1 is 1.33 bits per heavy atom. The fraction of sp³-hybridized carbons (Fsp3) is 0.769. The molecule has 0 aliphatic heterocycles. The summed E-state index contributed by atoms with van der Waals surface area (Å²) < 4.78 is 4.78. The van der Waals surface area contributed by atoms with Crippen LogP contribution in [0.5, 0.6) is 0 Å². The van der Waals surface area contributed by atoms with Crippen molar-refractivity contribution in [2.45, 2.75) is 56.1 Å². The standard InChI is InChI=1S/C13H22Cl2O2Si/c1-12(2,3)18(4,5)17-8-6-7-10-9-11(16)13(10,14)15/h9H,6-8H2,1-5H3. The Morgan fingerprint density at radius 3 is 2.28 bits per heavy atom. The number of hydrogen-bond donors (Lipinski definition) is 0. The van der Waals surface area contributed by atoms with Gasteiger partial charge in [-0.05, 0) is 42.6 Å². The first-order chi connectivity index (χ1) is 7.98. The van der Waals surface area contributed by atoms with E-state index < -0.39 is 12.7 Å². The Labute approximate surface area is 121 Å². The first kappa shape index (κ1) is 16.2. The first-order valence-electron chi connectivity index (χ1n) is 6.26. The summed E-state index contributed by atoms with van der Waals surface area (Å²) in [5.41, 5.74) is 0.815. The topological polar surface area (TPSA) is 26.3 Å². The smallest absolute Gasteiger partial charge is 0.201 e. The van der Waals surface area contributed by atoms with Gasteiger partial charge in [-0.3, -0.25) is 4.79 Å². The summed E-state index contributed by atoms with van der Waals surface area (Å²) >= 11 is 11.8. The minimum atomic E-state index is -1.67. The van der Waals surface area contributed by atoms with E-state index in [-0.39, 0.29) is 10.8 Å². The second-order valence-corrected chi connectivity index (χ2v) is 12.5. The van der Waals surface area contributed by atoms with E-state index in [1.807, 2.05) is 0 Å². The van der Waals surface area contributed by atoms with Gasteiger partial charge in [0, 0.05) is 6.61 Å². The molecule has 0 unspecified atom stereocenters. The van der Waals surface area contributed by atoms with Gasteiger partial charge in [0.2, 0.25) is 4.33 Å². The summed E-state index contributed by atoms with van der Waals surface area (Å²) in [4.78, 5) is 11.1. The fourth-order valence-electron chi connectivity index (χ4n) is 1.46. The van der Waals surface area contributed by atoms with E-state index in [1.54, 1.807) is 0 Å². The number of alkyl halides is 2. The van der Waals surface area contributed by atoms with Crippen molar-refractivity contribution in [3.8, 4) is 0 Å². The van der Waals surface area contributed by atoms with Crippen LogP contribution in [0.15, 0.2) is 11.6 Å². The lowest BCUT2D eigenvalue weighted by Gasteiger charge is -2.36. The average molecular weight is 309 g/mol. The molecule has 0 heterocycles. The molecule has 1 aliphatic rings. The van der Waals surface area contributed by atoms with Crippen molar-refractivity contribution in [1.82, 2.24) is 0 Å². The number of rotatable bonds is 5. The quantitative estimate of drug-likeness (QED) is 0.425. The van der Waals surface area contributed by atoms with Gasteiger partial charge in [-0.2, -0.15) is 0 Å². The van der Waals surface area contributed by atoms with Crippen LogP contribution in [0.4, 0.5) is 0 Å². The molecule has 0 saturated carbocycles. The van der Waals surface area contributed by atoms with Crippen LogP contribution >= 0.6 is 23.2 Å². The van der Waals surface area contributed by atoms with Crippen molar-refractivity contribution < 1.29 is 9.22 Å². The summed E-state index contributed by atoms with van der Waals surface area (Å²) in [6.45, 7) is 11.8. The molecule has 104 valence electrons. The molecule has 2 nitrogen and oxygen atoms in total. The summed E-state index contributed by atoms with van der Waals surface area (Å²) in [6, 6.07) is 0. The van der Waals surface area contributed by atoms with Gasteiger partial charge in [0.05, 0.1) is 0 Å².